The molecule has 0 aliphatic carbocycles. The van der Waals surface area contributed by atoms with Gasteiger partial charge in [0, 0.05) is 35.9 Å². The Bertz CT molecular complexity index is 615. The third kappa shape index (κ3) is 3.75. The van der Waals surface area contributed by atoms with E-state index < -0.39 is 0 Å². The molecule has 1 heterocycles. The summed E-state index contributed by atoms with van der Waals surface area (Å²) in [6.45, 7) is 4.16. The van der Waals surface area contributed by atoms with Gasteiger partial charge >= 0.3 is 0 Å². The first-order valence-electron chi connectivity index (χ1n) is 7.16. The molecule has 5 nitrogen and oxygen atoms in total. The molecule has 1 aromatic heterocycles. The largest absolute Gasteiger partial charge is 0.497 e. The molecule has 5 heteroatoms. The summed E-state index contributed by atoms with van der Waals surface area (Å²) in [5.74, 6) is 0.788. The molecule has 0 saturated carbocycles. The van der Waals surface area contributed by atoms with E-state index in [1.54, 1.807) is 7.11 Å². The van der Waals surface area contributed by atoms with Gasteiger partial charge in [-0.25, -0.2) is 0 Å². The van der Waals surface area contributed by atoms with Gasteiger partial charge in [0.2, 0.25) is 0 Å². The normalized spacial score (nSPS) is 12.2. The number of benzene rings is 1. The van der Waals surface area contributed by atoms with Crippen LogP contribution in [0.5, 0.6) is 5.75 Å². The van der Waals surface area contributed by atoms with Crippen molar-refractivity contribution in [1.82, 2.24) is 10.3 Å². The highest BCUT2D eigenvalue weighted by atomic mass is 16.5. The number of nitrogens with one attached hydrogen (secondary N) is 2. The molecular formula is C16H21N3O2. The molecule has 1 aromatic carbocycles. The van der Waals surface area contributed by atoms with E-state index in [-0.39, 0.29) is 6.04 Å². The summed E-state index contributed by atoms with van der Waals surface area (Å²) in [5.41, 5.74) is 1.95. The summed E-state index contributed by atoms with van der Waals surface area (Å²) in [5, 5.41) is 13.7. The Kier molecular flexibility index (Phi) is 5.61. The third-order valence-corrected chi connectivity index (χ3v) is 3.38. The van der Waals surface area contributed by atoms with Crippen LogP contribution in [-0.4, -0.2) is 31.9 Å². The summed E-state index contributed by atoms with van der Waals surface area (Å²) >= 11 is 0. The molecule has 0 aliphatic heterocycles. The Morgan fingerprint density at radius 2 is 2.29 bits per heavy atom. The highest BCUT2D eigenvalue weighted by molar-refractivity contribution is 5.85. The highest BCUT2D eigenvalue weighted by Crippen LogP contribution is 2.27. The predicted octanol–water partition coefficient (Wildman–Crippen LogP) is 2.76. The average Bonchev–Trinajstić information content (AvgIpc) is 2.94. The molecule has 2 rings (SSSR count). The average molecular weight is 287 g/mol. The van der Waals surface area contributed by atoms with Crippen molar-refractivity contribution in [2.24, 2.45) is 0 Å². The number of hydrogen-bond donors (Lipinski definition) is 2. The Morgan fingerprint density at radius 1 is 1.43 bits per heavy atom. The maximum atomic E-state index is 9.40. The van der Waals surface area contributed by atoms with E-state index in [1.165, 1.54) is 0 Å². The minimum absolute atomic E-state index is 0.340. The van der Waals surface area contributed by atoms with Crippen molar-refractivity contribution >= 4 is 10.9 Å². The molecular weight excluding hydrogens is 266 g/mol. The highest BCUT2D eigenvalue weighted by Gasteiger charge is 2.15. The van der Waals surface area contributed by atoms with Gasteiger partial charge in [0.1, 0.15) is 11.8 Å². The Hall–Kier alpha value is -2.03. The van der Waals surface area contributed by atoms with E-state index in [0.29, 0.717) is 6.61 Å². The van der Waals surface area contributed by atoms with Gasteiger partial charge in [-0.05, 0) is 38.1 Å². The number of methoxy groups -OCH3 is 1. The number of aromatic nitrogens is 1. The number of fused-ring (bicyclic) bond motifs is 1. The fourth-order valence-electron chi connectivity index (χ4n) is 2.28. The second kappa shape index (κ2) is 7.67. The first-order valence-corrected chi connectivity index (χ1v) is 7.16. The van der Waals surface area contributed by atoms with Gasteiger partial charge in [-0.15, -0.1) is 0 Å². The molecule has 0 bridgehead atoms. The zero-order valence-corrected chi connectivity index (χ0v) is 12.5. The van der Waals surface area contributed by atoms with Crippen molar-refractivity contribution in [1.29, 1.82) is 5.26 Å². The lowest BCUT2D eigenvalue weighted by Gasteiger charge is -2.11. The monoisotopic (exact) mass is 287 g/mol. The van der Waals surface area contributed by atoms with Crippen LogP contribution in [0.15, 0.2) is 24.4 Å². The maximum Gasteiger partial charge on any atom is 0.123 e. The van der Waals surface area contributed by atoms with Gasteiger partial charge in [-0.2, -0.15) is 5.26 Å². The smallest absolute Gasteiger partial charge is 0.123 e. The van der Waals surface area contributed by atoms with Gasteiger partial charge in [0.05, 0.1) is 13.2 Å². The first kappa shape index (κ1) is 15.4. The van der Waals surface area contributed by atoms with E-state index in [9.17, 15) is 5.26 Å². The van der Waals surface area contributed by atoms with E-state index >= 15 is 0 Å². The second-order valence-corrected chi connectivity index (χ2v) is 4.72. The number of nitrogens with zero attached hydrogens (tertiary/aromatic N) is 1. The van der Waals surface area contributed by atoms with Crippen molar-refractivity contribution in [2.45, 2.75) is 19.4 Å². The van der Waals surface area contributed by atoms with Crippen LogP contribution >= 0.6 is 0 Å². The predicted molar refractivity (Wildman–Crippen MR) is 82.3 cm³/mol. The van der Waals surface area contributed by atoms with Crippen LogP contribution < -0.4 is 10.1 Å². The Morgan fingerprint density at radius 3 is 3.00 bits per heavy atom. The molecule has 0 amide bonds. The Labute approximate surface area is 124 Å². The number of aromatic amines is 1. The standard InChI is InChI=1S/C16H21N3O2/c1-3-21-8-4-7-18-16(10-17)14-11-19-15-6-5-12(20-2)9-13(14)15/h5-6,9,11,16,18-19H,3-4,7-8H2,1-2H3. The van der Waals surface area contributed by atoms with Gasteiger partial charge < -0.3 is 14.5 Å². The SMILES string of the molecule is CCOCCCNC(C#N)c1c[nH]c2ccc(OC)cc12. The first-order chi connectivity index (χ1) is 10.3. The summed E-state index contributed by atoms with van der Waals surface area (Å²) in [6.07, 6.45) is 2.77. The van der Waals surface area contributed by atoms with E-state index in [1.807, 2.05) is 31.3 Å². The lowest BCUT2D eigenvalue weighted by molar-refractivity contribution is 0.144. The van der Waals surface area contributed by atoms with Crippen molar-refractivity contribution in [2.75, 3.05) is 26.9 Å². The van der Waals surface area contributed by atoms with Crippen LogP contribution in [0.25, 0.3) is 10.9 Å². The molecule has 0 aliphatic rings. The molecule has 21 heavy (non-hydrogen) atoms. The van der Waals surface area contributed by atoms with Crippen LogP contribution in [0.3, 0.4) is 0 Å². The van der Waals surface area contributed by atoms with E-state index in [2.05, 4.69) is 16.4 Å². The van der Waals surface area contributed by atoms with Gasteiger partial charge in [0.15, 0.2) is 0 Å². The van der Waals surface area contributed by atoms with Crippen molar-refractivity contribution in [3.63, 3.8) is 0 Å². The lowest BCUT2D eigenvalue weighted by Crippen LogP contribution is -2.22. The topological polar surface area (TPSA) is 70.1 Å². The van der Waals surface area contributed by atoms with Crippen LogP contribution in [0.1, 0.15) is 24.9 Å². The lowest BCUT2D eigenvalue weighted by atomic mass is 10.1. The van der Waals surface area contributed by atoms with Crippen molar-refractivity contribution < 1.29 is 9.47 Å². The summed E-state index contributed by atoms with van der Waals surface area (Å²) in [7, 11) is 1.64. The maximum absolute atomic E-state index is 9.40. The zero-order valence-electron chi connectivity index (χ0n) is 12.5. The molecule has 0 saturated heterocycles. The quantitative estimate of drug-likeness (QED) is 0.732. The van der Waals surface area contributed by atoms with Gasteiger partial charge in [-0.1, -0.05) is 0 Å². The summed E-state index contributed by atoms with van der Waals surface area (Å²) in [4.78, 5) is 3.19. The summed E-state index contributed by atoms with van der Waals surface area (Å²) < 4.78 is 10.5. The fraction of sp³-hybridized carbons (Fsp3) is 0.438. The second-order valence-electron chi connectivity index (χ2n) is 4.72. The molecule has 0 radical (unpaired) electrons. The van der Waals surface area contributed by atoms with E-state index in [4.69, 9.17) is 9.47 Å². The van der Waals surface area contributed by atoms with Crippen LogP contribution in [-0.2, 0) is 4.74 Å². The number of hydrogen-bond acceptors (Lipinski definition) is 4. The van der Waals surface area contributed by atoms with E-state index in [0.717, 1.165) is 41.8 Å². The van der Waals surface area contributed by atoms with Crippen LogP contribution in [0.2, 0.25) is 0 Å². The van der Waals surface area contributed by atoms with Crippen molar-refractivity contribution in [3.05, 3.63) is 30.0 Å². The fourth-order valence-corrected chi connectivity index (χ4v) is 2.28. The zero-order chi connectivity index (χ0) is 15.1. The minimum Gasteiger partial charge on any atom is -0.497 e. The minimum atomic E-state index is -0.340. The molecule has 112 valence electrons. The molecule has 1 atom stereocenters. The molecule has 1 unspecified atom stereocenters. The van der Waals surface area contributed by atoms with Crippen LogP contribution in [0.4, 0.5) is 0 Å². The number of H-pyrrole nitrogens is 1. The van der Waals surface area contributed by atoms with Gasteiger partial charge in [-0.3, -0.25) is 5.32 Å². The number of nitriles is 1. The summed E-state index contributed by atoms with van der Waals surface area (Å²) in [6, 6.07) is 7.79. The molecule has 2 aromatic rings. The number of ether oxygens (including phenoxy) is 2. The third-order valence-electron chi connectivity index (χ3n) is 3.38. The Balaban J connectivity index is 2.09. The molecule has 0 spiro atoms. The number of rotatable bonds is 8. The van der Waals surface area contributed by atoms with Crippen LogP contribution in [0, 0.1) is 11.3 Å². The van der Waals surface area contributed by atoms with Gasteiger partial charge in [0.25, 0.3) is 0 Å². The van der Waals surface area contributed by atoms with Crippen molar-refractivity contribution in [3.8, 4) is 11.8 Å². The molecule has 2 N–H and O–H groups in total. The molecule has 0 fully saturated rings.